The Labute approximate surface area is 398 Å². The van der Waals surface area contributed by atoms with Gasteiger partial charge in [0.2, 0.25) is 0 Å². The second kappa shape index (κ2) is 24.0. The summed E-state index contributed by atoms with van der Waals surface area (Å²) in [6.07, 6.45) is 10.3. The summed E-state index contributed by atoms with van der Waals surface area (Å²) >= 11 is 0. The average molecular weight is 969 g/mol. The summed E-state index contributed by atoms with van der Waals surface area (Å²) in [5.74, 6) is 4.28. The first-order chi connectivity index (χ1) is 30.3. The highest BCUT2D eigenvalue weighted by Crippen LogP contribution is 2.71. The van der Waals surface area contributed by atoms with Crippen molar-refractivity contribution < 1.29 is 37.7 Å². The van der Waals surface area contributed by atoms with Gasteiger partial charge in [-0.2, -0.15) is 0 Å². The summed E-state index contributed by atoms with van der Waals surface area (Å²) in [4.78, 5) is 23.7. The van der Waals surface area contributed by atoms with Gasteiger partial charge >= 0.3 is 26.2 Å². The van der Waals surface area contributed by atoms with Gasteiger partial charge in [0.1, 0.15) is 0 Å². The van der Waals surface area contributed by atoms with Crippen molar-refractivity contribution in [3.8, 4) is 24.7 Å². The van der Waals surface area contributed by atoms with Crippen LogP contribution in [0.5, 0.6) is 0 Å². The predicted octanol–water partition coefficient (Wildman–Crippen LogP) is 11.0. The van der Waals surface area contributed by atoms with Gasteiger partial charge in [0, 0.05) is 11.1 Å². The van der Waals surface area contributed by atoms with Crippen molar-refractivity contribution in [3.63, 3.8) is 0 Å². The quantitative estimate of drug-likeness (QED) is 0.0747. The number of aryl methyl sites for hydroxylation is 1. The van der Waals surface area contributed by atoms with Crippen LogP contribution in [0.25, 0.3) is 11.1 Å². The molecule has 0 spiro atoms. The lowest BCUT2D eigenvalue weighted by Gasteiger charge is -2.32. The molecule has 15 heteroatoms. The summed E-state index contributed by atoms with van der Waals surface area (Å²) in [5, 5.41) is 0. The van der Waals surface area contributed by atoms with Gasteiger partial charge in [-0.15, -0.1) is 39.6 Å². The Morgan fingerprint density at radius 1 is 0.646 bits per heavy atom. The zero-order valence-corrected chi connectivity index (χ0v) is 45.1. The number of terminal acetylenes is 2. The highest BCUT2D eigenvalue weighted by molar-refractivity contribution is 8.77. The monoisotopic (exact) mass is 968 g/mol. The minimum atomic E-state index is -0.571. The largest absolute Gasteiger partial charge is 0.495 e. The van der Waals surface area contributed by atoms with Crippen molar-refractivity contribution in [1.82, 2.24) is 0 Å². The van der Waals surface area contributed by atoms with Crippen LogP contribution in [0.3, 0.4) is 0 Å². The maximum Gasteiger partial charge on any atom is 0.495 e. The van der Waals surface area contributed by atoms with Crippen molar-refractivity contribution in [2.45, 2.75) is 91.6 Å². The van der Waals surface area contributed by atoms with Gasteiger partial charge in [-0.1, -0.05) is 74.9 Å². The van der Waals surface area contributed by atoms with E-state index in [4.69, 9.17) is 36.2 Å². The van der Waals surface area contributed by atoms with Crippen molar-refractivity contribution in [2.24, 2.45) is 0 Å². The third kappa shape index (κ3) is 14.8. The van der Waals surface area contributed by atoms with Gasteiger partial charge in [0.25, 0.3) is 0 Å². The second-order valence-corrected chi connectivity index (χ2v) is 31.2. The zero-order valence-electron chi connectivity index (χ0n) is 39.8. The van der Waals surface area contributed by atoms with Crippen molar-refractivity contribution in [2.75, 3.05) is 14.2 Å². The molecule has 0 aromatic heterocycles. The van der Waals surface area contributed by atoms with Gasteiger partial charge in [-0.25, -0.2) is 9.59 Å². The zero-order chi connectivity index (χ0) is 49.1. The molecule has 0 amide bonds. The first-order valence-electron chi connectivity index (χ1n) is 20.7. The number of benzene rings is 4. The Bertz CT molecular complexity index is 2340. The molecule has 2 heterocycles. The fourth-order valence-corrected chi connectivity index (χ4v) is 6.20. The molecule has 0 aliphatic carbocycles. The molecule has 4 unspecified atom stereocenters. The molecule has 2 saturated heterocycles. The molecule has 0 radical (unpaired) electrons. The first kappa shape index (κ1) is 55.9. The Balaban J connectivity index is 0.000000277. The molecule has 6 rings (SSSR count). The van der Waals surface area contributed by atoms with E-state index in [0.29, 0.717) is 11.1 Å². The van der Waals surface area contributed by atoms with E-state index in [1.165, 1.54) is 14.2 Å². The summed E-state index contributed by atoms with van der Waals surface area (Å²) in [6.45, 7) is 28.6. The molecule has 2 fully saturated rings. The molecular formula is C50H63B2O8P5. The normalized spacial score (nSPS) is 16.1. The van der Waals surface area contributed by atoms with E-state index in [1.807, 2.05) is 142 Å². The first-order valence-corrected chi connectivity index (χ1v) is 28.9. The SMILES string of the molecule is C#Cc1ccc(C#C)cc1.C=C(C)c1ccc(C(=C)c2cc(C(=O)OC)cc(C)c2B2OC(C)(C)C(C)(C)O2)cc1.COC(=O)c1ccc(B2OC(C)(C)C(C)(C)O2)cc1.PPP(P)P. The Morgan fingerprint density at radius 2 is 1.02 bits per heavy atom. The van der Waals surface area contributed by atoms with Crippen LogP contribution in [0, 0.1) is 31.6 Å². The van der Waals surface area contributed by atoms with E-state index in [0.717, 1.165) is 63.4 Å². The van der Waals surface area contributed by atoms with Crippen molar-refractivity contribution in [3.05, 3.63) is 143 Å². The van der Waals surface area contributed by atoms with Crippen molar-refractivity contribution in [1.29, 1.82) is 0 Å². The molecule has 2 aliphatic heterocycles. The molecule has 4 atom stereocenters. The molecule has 4 aromatic carbocycles. The van der Waals surface area contributed by atoms with Crippen LogP contribution in [-0.2, 0) is 28.1 Å². The van der Waals surface area contributed by atoms with Gasteiger partial charge in [-0.3, -0.25) is 0 Å². The molecule has 4 aromatic rings. The number of carbonyl (C=O) groups excluding carboxylic acids is 2. The minimum absolute atomic E-state index is 0.226. The third-order valence-electron chi connectivity index (χ3n) is 11.6. The summed E-state index contributed by atoms with van der Waals surface area (Å²) < 4.78 is 34.2. The fourth-order valence-electron chi connectivity index (χ4n) is 6.20. The van der Waals surface area contributed by atoms with E-state index >= 15 is 0 Å². The van der Waals surface area contributed by atoms with Crippen LogP contribution in [0.1, 0.15) is 116 Å². The minimum Gasteiger partial charge on any atom is -0.465 e. The molecule has 0 saturated carbocycles. The standard InChI is InChI=1S/C26H31BO4.C14H19BO4.C10H6.H7P5/c1-16(2)19-10-12-20(13-11-19)18(4)22-15-21(24(28)29-9)14-17(3)23(22)27-30-25(5,6)26(7,8)31-27;1-13(2)14(3,4)19-15(18-13)11-8-6-10(7-9-11)12(16)17-5;1-3-9-5-7-10(4-2)8-6-9;1-4-5(2)3/h10-15H,1,4H2,2-3,5-9H3;6-9H,1-5H3;1-2,5-8H;4H,1-3H2. The molecule has 8 nitrogen and oxygen atoms in total. The Hall–Kier alpha value is -3.46. The van der Waals surface area contributed by atoms with E-state index in [2.05, 4.69) is 56.5 Å². The lowest BCUT2D eigenvalue weighted by Crippen LogP contribution is -2.41. The number of esters is 2. The number of carbonyl (C=O) groups is 2. The van der Waals surface area contributed by atoms with E-state index in [9.17, 15) is 9.59 Å². The van der Waals surface area contributed by atoms with Crippen molar-refractivity contribution >= 4 is 90.0 Å². The third-order valence-corrected chi connectivity index (χ3v) is 23.5. The number of hydrogen-bond donors (Lipinski definition) is 0. The summed E-state index contributed by atoms with van der Waals surface area (Å²) in [7, 11) is 11.0. The second-order valence-electron chi connectivity index (χ2n) is 17.3. The van der Waals surface area contributed by atoms with E-state index in [1.54, 1.807) is 12.1 Å². The lowest BCUT2D eigenvalue weighted by molar-refractivity contribution is 0.00578. The van der Waals surface area contributed by atoms with Gasteiger partial charge < -0.3 is 28.1 Å². The highest BCUT2D eigenvalue weighted by Gasteiger charge is 2.53. The average Bonchev–Trinajstić information content (AvgIpc) is 3.64. The molecular weight excluding hydrogens is 905 g/mol. The smallest absolute Gasteiger partial charge is 0.465 e. The van der Waals surface area contributed by atoms with E-state index < -0.39 is 31.4 Å². The topological polar surface area (TPSA) is 89.5 Å². The Kier molecular flexibility index (Phi) is 20.6. The molecule has 0 N–H and O–H groups in total. The number of allylic oxidation sites excluding steroid dienone is 1. The molecule has 342 valence electrons. The predicted molar refractivity (Wildman–Crippen MR) is 288 cm³/mol. The van der Waals surface area contributed by atoms with Gasteiger partial charge in [0.15, 0.2) is 0 Å². The number of rotatable bonds is 8. The molecule has 0 bridgehead atoms. The van der Waals surface area contributed by atoms with Crippen LogP contribution in [0.2, 0.25) is 0 Å². The molecule has 2 aliphatic rings. The van der Waals surface area contributed by atoms with Crippen LogP contribution >= 0.6 is 41.7 Å². The van der Waals surface area contributed by atoms with Gasteiger partial charge in [-0.05, 0) is 164 Å². The summed E-state index contributed by atoms with van der Waals surface area (Å²) in [5.41, 5.74) is 8.29. The van der Waals surface area contributed by atoms with Crippen LogP contribution in [0.15, 0.2) is 98.1 Å². The number of methoxy groups -OCH3 is 2. The maximum absolute atomic E-state index is 12.3. The highest BCUT2D eigenvalue weighted by atomic mass is 32.8. The van der Waals surface area contributed by atoms with Gasteiger partial charge in [0.05, 0.1) is 47.8 Å². The van der Waals surface area contributed by atoms with Crippen LogP contribution in [-0.4, -0.2) is 62.8 Å². The van der Waals surface area contributed by atoms with Crippen LogP contribution < -0.4 is 10.9 Å². The maximum atomic E-state index is 12.3. The number of hydrogen-bond acceptors (Lipinski definition) is 8. The lowest BCUT2D eigenvalue weighted by atomic mass is 9.70. The molecule has 65 heavy (non-hydrogen) atoms. The Morgan fingerprint density at radius 3 is 1.38 bits per heavy atom. The number of ether oxygens (including phenoxy) is 2. The fraction of sp³-hybridized carbons (Fsp3) is 0.320. The summed E-state index contributed by atoms with van der Waals surface area (Å²) in [6, 6.07) is 26.1. The van der Waals surface area contributed by atoms with Crippen LogP contribution in [0.4, 0.5) is 0 Å². The van der Waals surface area contributed by atoms with E-state index in [-0.39, 0.29) is 24.2 Å².